The first-order chi connectivity index (χ1) is 6.84. The minimum atomic E-state index is 0.430. The largest absolute Gasteiger partial charge is 0.310 e. The average Bonchev–Trinajstić information content (AvgIpc) is 2.25. The monoisotopic (exact) mass is 210 g/mol. The van der Waals surface area contributed by atoms with E-state index in [4.69, 9.17) is 0 Å². The summed E-state index contributed by atoms with van der Waals surface area (Å²) in [6.07, 6.45) is 7.06. The lowest BCUT2D eigenvalue weighted by Gasteiger charge is -2.13. The van der Waals surface area contributed by atoms with Crippen LogP contribution in [0.5, 0.6) is 0 Å². The van der Waals surface area contributed by atoms with Gasteiger partial charge in [0.05, 0.1) is 0 Å². The number of hydrogen-bond donors (Lipinski definition) is 1. The fraction of sp³-hybridized carbons (Fsp3) is 0.545. The summed E-state index contributed by atoms with van der Waals surface area (Å²) in [5, 5.41) is 3.49. The summed E-state index contributed by atoms with van der Waals surface area (Å²) in [6, 6.07) is 4.55. The van der Waals surface area contributed by atoms with Gasteiger partial charge in [-0.25, -0.2) is 0 Å². The lowest BCUT2D eigenvalue weighted by atomic mass is 10.1. The van der Waals surface area contributed by atoms with Crippen molar-refractivity contribution >= 4 is 11.8 Å². The standard InChI is InChI=1S/C11H18N2S/c1-10(13-6-3-9-14-2)11-4-7-12-8-5-11/h4-5,7-8,10,13H,3,6,9H2,1-2H3. The summed E-state index contributed by atoms with van der Waals surface area (Å²) in [5.74, 6) is 1.23. The molecule has 1 N–H and O–H groups in total. The van der Waals surface area contributed by atoms with Crippen LogP contribution in [0.25, 0.3) is 0 Å². The van der Waals surface area contributed by atoms with Gasteiger partial charge in [0.2, 0.25) is 0 Å². The van der Waals surface area contributed by atoms with E-state index in [1.54, 1.807) is 0 Å². The highest BCUT2D eigenvalue weighted by molar-refractivity contribution is 7.98. The Balaban J connectivity index is 2.25. The van der Waals surface area contributed by atoms with Gasteiger partial charge >= 0.3 is 0 Å². The third-order valence-corrected chi connectivity index (χ3v) is 2.88. The normalized spacial score (nSPS) is 12.7. The Hall–Kier alpha value is -0.540. The van der Waals surface area contributed by atoms with E-state index in [1.165, 1.54) is 17.7 Å². The van der Waals surface area contributed by atoms with Crippen LogP contribution >= 0.6 is 11.8 Å². The molecule has 0 aliphatic rings. The van der Waals surface area contributed by atoms with Crippen molar-refractivity contribution < 1.29 is 0 Å². The van der Waals surface area contributed by atoms with Gasteiger partial charge in [-0.2, -0.15) is 11.8 Å². The Labute approximate surface area is 90.5 Å². The number of nitrogens with zero attached hydrogens (tertiary/aromatic N) is 1. The summed E-state index contributed by atoms with van der Waals surface area (Å²) in [4.78, 5) is 4.01. The molecule has 1 aromatic rings. The molecule has 0 saturated heterocycles. The van der Waals surface area contributed by atoms with Gasteiger partial charge in [-0.3, -0.25) is 4.98 Å². The summed E-state index contributed by atoms with van der Waals surface area (Å²) in [7, 11) is 0. The third-order valence-electron chi connectivity index (χ3n) is 2.18. The molecule has 1 heterocycles. The van der Waals surface area contributed by atoms with Gasteiger partial charge in [-0.15, -0.1) is 0 Å². The number of nitrogens with one attached hydrogen (secondary N) is 1. The van der Waals surface area contributed by atoms with Crippen LogP contribution in [0.2, 0.25) is 0 Å². The van der Waals surface area contributed by atoms with Gasteiger partial charge < -0.3 is 5.32 Å². The number of thioether (sulfide) groups is 1. The molecule has 0 spiro atoms. The number of hydrogen-bond acceptors (Lipinski definition) is 3. The molecule has 0 aliphatic carbocycles. The van der Waals surface area contributed by atoms with Crippen molar-refractivity contribution in [3.8, 4) is 0 Å². The Morgan fingerprint density at radius 1 is 1.43 bits per heavy atom. The quantitative estimate of drug-likeness (QED) is 0.730. The van der Waals surface area contributed by atoms with Crippen molar-refractivity contribution in [2.75, 3.05) is 18.6 Å². The lowest BCUT2D eigenvalue weighted by molar-refractivity contribution is 0.572. The van der Waals surface area contributed by atoms with Crippen LogP contribution in [0.4, 0.5) is 0 Å². The second kappa shape index (κ2) is 6.85. The maximum atomic E-state index is 4.01. The summed E-state index contributed by atoms with van der Waals surface area (Å²) in [5.41, 5.74) is 1.31. The van der Waals surface area contributed by atoms with Crippen molar-refractivity contribution in [2.45, 2.75) is 19.4 Å². The first-order valence-corrected chi connectivity index (χ1v) is 6.36. The number of rotatable bonds is 6. The van der Waals surface area contributed by atoms with Crippen LogP contribution in [0.15, 0.2) is 24.5 Å². The minimum absolute atomic E-state index is 0.430. The molecular formula is C11H18N2S. The predicted octanol–water partition coefficient (Wildman–Crippen LogP) is 2.49. The van der Waals surface area contributed by atoms with Gasteiger partial charge in [0.15, 0.2) is 0 Å². The highest BCUT2D eigenvalue weighted by atomic mass is 32.2. The zero-order chi connectivity index (χ0) is 10.2. The maximum absolute atomic E-state index is 4.01. The molecule has 14 heavy (non-hydrogen) atoms. The van der Waals surface area contributed by atoms with E-state index in [0.717, 1.165) is 6.54 Å². The summed E-state index contributed by atoms with van der Waals surface area (Å²) in [6.45, 7) is 3.28. The maximum Gasteiger partial charge on any atom is 0.0292 e. The third kappa shape index (κ3) is 4.11. The predicted molar refractivity (Wildman–Crippen MR) is 63.7 cm³/mol. The Bertz CT molecular complexity index is 238. The molecule has 0 amide bonds. The summed E-state index contributed by atoms with van der Waals surface area (Å²) >= 11 is 1.90. The van der Waals surface area contributed by atoms with Gasteiger partial charge in [0, 0.05) is 18.4 Å². The van der Waals surface area contributed by atoms with Crippen molar-refractivity contribution in [3.05, 3.63) is 30.1 Å². The molecule has 0 fully saturated rings. The van der Waals surface area contributed by atoms with Crippen LogP contribution in [0, 0.1) is 0 Å². The molecule has 1 atom stereocenters. The molecule has 0 aromatic carbocycles. The Kier molecular flexibility index (Phi) is 5.64. The van der Waals surface area contributed by atoms with E-state index in [2.05, 4.69) is 35.6 Å². The molecule has 1 aromatic heterocycles. The van der Waals surface area contributed by atoms with Crippen LogP contribution in [0.1, 0.15) is 24.9 Å². The zero-order valence-corrected chi connectivity index (χ0v) is 9.68. The fourth-order valence-electron chi connectivity index (χ4n) is 1.31. The molecule has 1 unspecified atom stereocenters. The number of pyridine rings is 1. The van der Waals surface area contributed by atoms with E-state index < -0.39 is 0 Å². The van der Waals surface area contributed by atoms with E-state index >= 15 is 0 Å². The molecule has 3 heteroatoms. The first-order valence-electron chi connectivity index (χ1n) is 4.97. The average molecular weight is 210 g/mol. The molecule has 1 rings (SSSR count). The topological polar surface area (TPSA) is 24.9 Å². The van der Waals surface area contributed by atoms with Crippen molar-refractivity contribution in [3.63, 3.8) is 0 Å². The number of aromatic nitrogens is 1. The van der Waals surface area contributed by atoms with Crippen LogP contribution in [0.3, 0.4) is 0 Å². The zero-order valence-electron chi connectivity index (χ0n) is 8.86. The highest BCUT2D eigenvalue weighted by Gasteiger charge is 2.02. The Morgan fingerprint density at radius 3 is 2.79 bits per heavy atom. The molecule has 78 valence electrons. The minimum Gasteiger partial charge on any atom is -0.310 e. The molecule has 0 saturated carbocycles. The van der Waals surface area contributed by atoms with Crippen molar-refractivity contribution in [1.82, 2.24) is 10.3 Å². The van der Waals surface area contributed by atoms with Crippen molar-refractivity contribution in [2.24, 2.45) is 0 Å². The van der Waals surface area contributed by atoms with E-state index in [0.29, 0.717) is 6.04 Å². The van der Waals surface area contributed by atoms with Gasteiger partial charge in [-0.05, 0) is 49.6 Å². The van der Waals surface area contributed by atoms with Crippen LogP contribution in [-0.2, 0) is 0 Å². The van der Waals surface area contributed by atoms with Crippen molar-refractivity contribution in [1.29, 1.82) is 0 Å². The van der Waals surface area contributed by atoms with E-state index in [1.807, 2.05) is 24.2 Å². The Morgan fingerprint density at radius 2 is 2.14 bits per heavy atom. The van der Waals surface area contributed by atoms with E-state index in [-0.39, 0.29) is 0 Å². The lowest BCUT2D eigenvalue weighted by Crippen LogP contribution is -2.20. The molecule has 0 aliphatic heterocycles. The molecular weight excluding hydrogens is 192 g/mol. The van der Waals surface area contributed by atoms with Crippen LogP contribution < -0.4 is 5.32 Å². The molecule has 0 bridgehead atoms. The second-order valence-electron chi connectivity index (χ2n) is 3.30. The van der Waals surface area contributed by atoms with Crippen LogP contribution in [-0.4, -0.2) is 23.5 Å². The van der Waals surface area contributed by atoms with E-state index in [9.17, 15) is 0 Å². The SMILES string of the molecule is CSCCCNC(C)c1ccncc1. The smallest absolute Gasteiger partial charge is 0.0292 e. The molecule has 0 radical (unpaired) electrons. The van der Waals surface area contributed by atoms with Gasteiger partial charge in [0.1, 0.15) is 0 Å². The molecule has 2 nitrogen and oxygen atoms in total. The fourth-order valence-corrected chi connectivity index (χ4v) is 1.74. The second-order valence-corrected chi connectivity index (χ2v) is 4.29. The summed E-state index contributed by atoms with van der Waals surface area (Å²) < 4.78 is 0. The first kappa shape index (κ1) is 11.5. The van der Waals surface area contributed by atoms with Gasteiger partial charge in [-0.1, -0.05) is 0 Å². The highest BCUT2D eigenvalue weighted by Crippen LogP contribution is 2.09. The van der Waals surface area contributed by atoms with Gasteiger partial charge in [0.25, 0.3) is 0 Å².